The zero-order chi connectivity index (χ0) is 22.9. The molecule has 0 aliphatic heterocycles. The van der Waals surface area contributed by atoms with Gasteiger partial charge in [0.15, 0.2) is 11.8 Å². The summed E-state index contributed by atoms with van der Waals surface area (Å²) in [5, 5.41) is 15.6. The number of hydrogen-bond donors (Lipinski definition) is 2. The molecule has 2 unspecified atom stereocenters. The number of aryl methyl sites for hydroxylation is 1. The van der Waals surface area contributed by atoms with E-state index in [2.05, 4.69) is 46.8 Å². The Morgan fingerprint density at radius 2 is 1.88 bits per heavy atom. The van der Waals surface area contributed by atoms with E-state index in [0.717, 1.165) is 42.2 Å². The molecule has 7 heteroatoms. The summed E-state index contributed by atoms with van der Waals surface area (Å²) in [5.74, 6) is 4.90. The summed E-state index contributed by atoms with van der Waals surface area (Å²) in [4.78, 5) is 4.85. The molecule has 0 amide bonds. The van der Waals surface area contributed by atoms with E-state index in [1.165, 1.54) is 37.7 Å². The molecule has 0 bridgehead atoms. The normalized spacial score (nSPS) is 17.1. The molecule has 7 nitrogen and oxygen atoms in total. The third kappa shape index (κ3) is 6.71. The van der Waals surface area contributed by atoms with Crippen molar-refractivity contribution in [2.24, 2.45) is 23.9 Å². The number of guanidine groups is 1. The Balaban J connectivity index is 1.62. The van der Waals surface area contributed by atoms with Crippen LogP contribution in [0.5, 0.6) is 5.75 Å². The number of aromatic nitrogens is 3. The first-order chi connectivity index (χ1) is 15.5. The second-order valence-electron chi connectivity index (χ2n) is 9.10. The molecule has 1 saturated carbocycles. The van der Waals surface area contributed by atoms with E-state index < -0.39 is 0 Å². The third-order valence-corrected chi connectivity index (χ3v) is 6.97. The lowest BCUT2D eigenvalue weighted by Gasteiger charge is -2.33. The van der Waals surface area contributed by atoms with Crippen LogP contribution in [0.3, 0.4) is 0 Å². The summed E-state index contributed by atoms with van der Waals surface area (Å²) in [6.45, 7) is 7.93. The van der Waals surface area contributed by atoms with E-state index in [1.54, 1.807) is 7.11 Å². The van der Waals surface area contributed by atoms with Gasteiger partial charge in [0.05, 0.1) is 7.11 Å². The van der Waals surface area contributed by atoms with Crippen LogP contribution in [-0.4, -0.2) is 40.4 Å². The number of nitrogens with one attached hydrogen (secondary N) is 2. The van der Waals surface area contributed by atoms with Gasteiger partial charge in [-0.25, -0.2) is 4.99 Å². The summed E-state index contributed by atoms with van der Waals surface area (Å²) in [6, 6.07) is 8.59. The third-order valence-electron chi connectivity index (χ3n) is 6.97. The number of hydrogen-bond acceptors (Lipinski definition) is 4. The SMILES string of the molecule is COc1ccc(CCNC(=NCc2nnc(C)n2C)NC(C)C(C)C2CCCCC2)cc1. The van der Waals surface area contributed by atoms with Crippen molar-refractivity contribution in [3.05, 3.63) is 41.5 Å². The van der Waals surface area contributed by atoms with Crippen molar-refractivity contribution in [2.75, 3.05) is 13.7 Å². The number of benzene rings is 1. The fourth-order valence-corrected chi connectivity index (χ4v) is 4.42. The number of ether oxygens (including phenoxy) is 1. The summed E-state index contributed by atoms with van der Waals surface area (Å²) < 4.78 is 7.25. The van der Waals surface area contributed by atoms with Crippen LogP contribution >= 0.6 is 0 Å². The van der Waals surface area contributed by atoms with E-state index in [1.807, 2.05) is 30.7 Å². The minimum atomic E-state index is 0.353. The van der Waals surface area contributed by atoms with Crippen LogP contribution in [-0.2, 0) is 20.0 Å². The highest BCUT2D eigenvalue weighted by molar-refractivity contribution is 5.80. The maximum absolute atomic E-state index is 5.26. The number of methoxy groups -OCH3 is 1. The van der Waals surface area contributed by atoms with Crippen LogP contribution in [0.2, 0.25) is 0 Å². The van der Waals surface area contributed by atoms with Gasteiger partial charge in [-0.2, -0.15) is 0 Å². The topological polar surface area (TPSA) is 76.4 Å². The predicted octanol–water partition coefficient (Wildman–Crippen LogP) is 4.01. The fraction of sp³-hybridized carbons (Fsp3) is 0.640. The molecule has 32 heavy (non-hydrogen) atoms. The molecule has 2 aromatic rings. The van der Waals surface area contributed by atoms with Crippen LogP contribution < -0.4 is 15.4 Å². The molecular weight excluding hydrogens is 400 g/mol. The molecule has 176 valence electrons. The van der Waals surface area contributed by atoms with Crippen molar-refractivity contribution >= 4 is 5.96 Å². The van der Waals surface area contributed by atoms with E-state index in [4.69, 9.17) is 9.73 Å². The molecule has 1 heterocycles. The molecule has 0 saturated heterocycles. The van der Waals surface area contributed by atoms with Crippen molar-refractivity contribution in [1.29, 1.82) is 0 Å². The Bertz CT molecular complexity index is 854. The van der Waals surface area contributed by atoms with Crippen LogP contribution in [0, 0.1) is 18.8 Å². The van der Waals surface area contributed by atoms with Gasteiger partial charge < -0.3 is 19.9 Å². The smallest absolute Gasteiger partial charge is 0.191 e. The van der Waals surface area contributed by atoms with Crippen molar-refractivity contribution in [3.8, 4) is 5.75 Å². The zero-order valence-electron chi connectivity index (χ0n) is 20.4. The van der Waals surface area contributed by atoms with Gasteiger partial charge in [-0.05, 0) is 49.8 Å². The standard InChI is InChI=1S/C25H40N6O/c1-18(22-9-7-6-8-10-22)19(2)28-25(27-17-24-30-29-20(3)31(24)4)26-16-15-21-11-13-23(32-5)14-12-21/h11-14,18-19,22H,6-10,15-17H2,1-5H3,(H2,26,27,28). The van der Waals surface area contributed by atoms with Gasteiger partial charge >= 0.3 is 0 Å². The summed E-state index contributed by atoms with van der Waals surface area (Å²) in [7, 11) is 3.68. The van der Waals surface area contributed by atoms with E-state index in [-0.39, 0.29) is 0 Å². The lowest BCUT2D eigenvalue weighted by Crippen LogP contribution is -2.47. The van der Waals surface area contributed by atoms with Gasteiger partial charge in [0.2, 0.25) is 0 Å². The molecule has 2 N–H and O–H groups in total. The first-order valence-electron chi connectivity index (χ1n) is 12.0. The van der Waals surface area contributed by atoms with Gasteiger partial charge in [-0.15, -0.1) is 10.2 Å². The first-order valence-corrected chi connectivity index (χ1v) is 12.0. The second kappa shape index (κ2) is 11.9. The van der Waals surface area contributed by atoms with Crippen LogP contribution in [0.1, 0.15) is 63.2 Å². The number of aliphatic imine (C=N–C) groups is 1. The van der Waals surface area contributed by atoms with Gasteiger partial charge in [0.1, 0.15) is 18.1 Å². The lowest BCUT2D eigenvalue weighted by molar-refractivity contribution is 0.229. The quantitative estimate of drug-likeness (QED) is 0.455. The molecule has 0 spiro atoms. The van der Waals surface area contributed by atoms with Crippen LogP contribution in [0.25, 0.3) is 0 Å². The summed E-state index contributed by atoms with van der Waals surface area (Å²) >= 11 is 0. The Labute approximate surface area is 193 Å². The van der Waals surface area contributed by atoms with Gasteiger partial charge in [0, 0.05) is 19.6 Å². The molecule has 2 atom stereocenters. The maximum Gasteiger partial charge on any atom is 0.191 e. The van der Waals surface area contributed by atoms with Crippen molar-refractivity contribution in [1.82, 2.24) is 25.4 Å². The largest absolute Gasteiger partial charge is 0.497 e. The zero-order valence-corrected chi connectivity index (χ0v) is 20.4. The first kappa shape index (κ1) is 24.1. The lowest BCUT2D eigenvalue weighted by atomic mass is 9.78. The molecule has 1 aromatic carbocycles. The minimum absolute atomic E-state index is 0.353. The fourth-order valence-electron chi connectivity index (χ4n) is 4.42. The van der Waals surface area contributed by atoms with Crippen LogP contribution in [0.4, 0.5) is 0 Å². The Hall–Kier alpha value is -2.57. The maximum atomic E-state index is 5.26. The predicted molar refractivity (Wildman–Crippen MR) is 130 cm³/mol. The molecule has 3 rings (SSSR count). The Morgan fingerprint density at radius 3 is 2.50 bits per heavy atom. The van der Waals surface area contributed by atoms with Gasteiger partial charge in [-0.1, -0.05) is 51.2 Å². The van der Waals surface area contributed by atoms with E-state index in [0.29, 0.717) is 18.5 Å². The van der Waals surface area contributed by atoms with Crippen LogP contribution in [0.15, 0.2) is 29.3 Å². The average Bonchev–Trinajstić information content (AvgIpc) is 3.15. The van der Waals surface area contributed by atoms with Gasteiger partial charge in [-0.3, -0.25) is 0 Å². The molecule has 1 aliphatic carbocycles. The molecule has 1 aliphatic rings. The summed E-state index contributed by atoms with van der Waals surface area (Å²) in [6.07, 6.45) is 7.75. The Kier molecular flexibility index (Phi) is 8.94. The van der Waals surface area contributed by atoms with E-state index in [9.17, 15) is 0 Å². The average molecular weight is 441 g/mol. The number of nitrogens with zero attached hydrogens (tertiary/aromatic N) is 4. The summed E-state index contributed by atoms with van der Waals surface area (Å²) in [5.41, 5.74) is 1.27. The highest BCUT2D eigenvalue weighted by Gasteiger charge is 2.25. The highest BCUT2D eigenvalue weighted by atomic mass is 16.5. The molecule has 1 aromatic heterocycles. The molecule has 0 radical (unpaired) electrons. The van der Waals surface area contributed by atoms with Crippen molar-refractivity contribution in [2.45, 2.75) is 71.9 Å². The van der Waals surface area contributed by atoms with Crippen molar-refractivity contribution in [3.63, 3.8) is 0 Å². The van der Waals surface area contributed by atoms with E-state index >= 15 is 0 Å². The highest BCUT2D eigenvalue weighted by Crippen LogP contribution is 2.31. The Morgan fingerprint density at radius 1 is 1.16 bits per heavy atom. The minimum Gasteiger partial charge on any atom is -0.497 e. The number of rotatable bonds is 9. The van der Waals surface area contributed by atoms with Crippen molar-refractivity contribution < 1.29 is 4.74 Å². The molecule has 1 fully saturated rings. The van der Waals surface area contributed by atoms with Gasteiger partial charge in [0.25, 0.3) is 0 Å². The second-order valence-corrected chi connectivity index (χ2v) is 9.10. The monoisotopic (exact) mass is 440 g/mol. The molecular formula is C25H40N6O.